The zero-order valence-corrected chi connectivity index (χ0v) is 18.6. The highest BCUT2D eigenvalue weighted by Gasteiger charge is 2.35. The summed E-state index contributed by atoms with van der Waals surface area (Å²) in [5.74, 6) is -1.01. The van der Waals surface area contributed by atoms with Crippen LogP contribution in [0.25, 0.3) is 5.69 Å². The summed E-state index contributed by atoms with van der Waals surface area (Å²) in [4.78, 5) is 15.0. The van der Waals surface area contributed by atoms with Crippen LogP contribution >= 0.6 is 0 Å². The van der Waals surface area contributed by atoms with Crippen molar-refractivity contribution < 1.29 is 18.3 Å². The number of carbonyl (C=O) groups excluding carboxylic acids is 1. The van der Waals surface area contributed by atoms with Gasteiger partial charge in [0.2, 0.25) is 0 Å². The van der Waals surface area contributed by atoms with Gasteiger partial charge in [-0.3, -0.25) is 10.2 Å². The van der Waals surface area contributed by atoms with Gasteiger partial charge in [-0.2, -0.15) is 5.10 Å². The third-order valence-electron chi connectivity index (χ3n) is 5.71. The Kier molecular flexibility index (Phi) is 7.00. The maximum absolute atomic E-state index is 13.9. The van der Waals surface area contributed by atoms with Crippen LogP contribution in [0.2, 0.25) is 0 Å². The number of likely N-dealkylation sites (tertiary alicyclic amines) is 1. The van der Waals surface area contributed by atoms with E-state index in [0.717, 1.165) is 17.4 Å². The van der Waals surface area contributed by atoms with Crippen molar-refractivity contribution in [3.05, 3.63) is 77.5 Å². The standard InChI is InChI=1S/C24H27F2N5O2/c1-16-10-23(31(29-16)20-6-4-3-5-7-20)28-24(32)27-22-15-30(8-9-33-2)14-21(22)17-11-18(25)13-19(26)12-17/h3-7,10-13,21-22H,8-9,14-15H2,1-2H3,(H2,27,28,32). The van der Waals surface area contributed by atoms with Crippen LogP contribution in [0.5, 0.6) is 0 Å². The number of hydrogen-bond donors (Lipinski definition) is 2. The molecule has 0 aliphatic carbocycles. The molecule has 2 amide bonds. The molecule has 9 heteroatoms. The Morgan fingerprint density at radius 3 is 2.55 bits per heavy atom. The third-order valence-corrected chi connectivity index (χ3v) is 5.71. The topological polar surface area (TPSA) is 71.4 Å². The summed E-state index contributed by atoms with van der Waals surface area (Å²) < 4.78 is 34.6. The number of para-hydroxylation sites is 1. The molecule has 33 heavy (non-hydrogen) atoms. The molecule has 0 radical (unpaired) electrons. The molecule has 2 heterocycles. The van der Waals surface area contributed by atoms with Crippen molar-refractivity contribution >= 4 is 11.8 Å². The van der Waals surface area contributed by atoms with E-state index in [1.165, 1.54) is 12.1 Å². The van der Waals surface area contributed by atoms with Crippen LogP contribution < -0.4 is 10.6 Å². The van der Waals surface area contributed by atoms with Crippen molar-refractivity contribution in [2.75, 3.05) is 38.7 Å². The summed E-state index contributed by atoms with van der Waals surface area (Å²) in [6, 6.07) is 14.0. The summed E-state index contributed by atoms with van der Waals surface area (Å²) in [6.45, 7) is 4.12. The van der Waals surface area contributed by atoms with Gasteiger partial charge in [-0.15, -0.1) is 0 Å². The fourth-order valence-corrected chi connectivity index (χ4v) is 4.24. The lowest BCUT2D eigenvalue weighted by Crippen LogP contribution is -2.42. The molecular formula is C24H27F2N5O2. The second-order valence-electron chi connectivity index (χ2n) is 8.18. The van der Waals surface area contributed by atoms with E-state index >= 15 is 0 Å². The predicted molar refractivity (Wildman–Crippen MR) is 122 cm³/mol. The van der Waals surface area contributed by atoms with E-state index in [9.17, 15) is 13.6 Å². The molecule has 1 saturated heterocycles. The van der Waals surface area contributed by atoms with Crippen LogP contribution in [0, 0.1) is 18.6 Å². The number of carbonyl (C=O) groups is 1. The van der Waals surface area contributed by atoms with Gasteiger partial charge in [-0.05, 0) is 36.8 Å². The van der Waals surface area contributed by atoms with Gasteiger partial charge in [0, 0.05) is 44.8 Å². The van der Waals surface area contributed by atoms with Gasteiger partial charge >= 0.3 is 6.03 Å². The summed E-state index contributed by atoms with van der Waals surface area (Å²) in [5.41, 5.74) is 2.09. The van der Waals surface area contributed by atoms with Crippen molar-refractivity contribution in [3.63, 3.8) is 0 Å². The Balaban J connectivity index is 1.52. The third kappa shape index (κ3) is 5.55. The van der Waals surface area contributed by atoms with Crippen LogP contribution in [0.3, 0.4) is 0 Å². The molecule has 2 unspecified atom stereocenters. The minimum absolute atomic E-state index is 0.265. The lowest BCUT2D eigenvalue weighted by molar-refractivity contribution is 0.159. The highest BCUT2D eigenvalue weighted by Crippen LogP contribution is 2.29. The molecule has 2 N–H and O–H groups in total. The molecule has 174 valence electrons. The van der Waals surface area contributed by atoms with E-state index in [4.69, 9.17) is 4.74 Å². The molecule has 2 atom stereocenters. The number of nitrogens with one attached hydrogen (secondary N) is 2. The summed E-state index contributed by atoms with van der Waals surface area (Å²) in [6.07, 6.45) is 0. The van der Waals surface area contributed by atoms with Crippen LogP contribution in [0.15, 0.2) is 54.6 Å². The Bertz CT molecular complexity index is 1090. The Morgan fingerprint density at radius 1 is 1.12 bits per heavy atom. The molecule has 4 rings (SSSR count). The van der Waals surface area contributed by atoms with E-state index < -0.39 is 17.7 Å². The molecule has 1 aromatic heterocycles. The van der Waals surface area contributed by atoms with Gasteiger partial charge in [0.15, 0.2) is 0 Å². The first-order valence-corrected chi connectivity index (χ1v) is 10.8. The van der Waals surface area contributed by atoms with Crippen molar-refractivity contribution in [2.24, 2.45) is 0 Å². The summed E-state index contributed by atoms with van der Waals surface area (Å²) >= 11 is 0. The number of aryl methyl sites for hydroxylation is 1. The molecule has 1 aliphatic heterocycles. The molecule has 0 saturated carbocycles. The molecule has 0 bridgehead atoms. The van der Waals surface area contributed by atoms with E-state index in [0.29, 0.717) is 37.6 Å². The molecule has 0 spiro atoms. The van der Waals surface area contributed by atoms with Gasteiger partial charge in [-0.1, -0.05) is 18.2 Å². The maximum atomic E-state index is 13.9. The Morgan fingerprint density at radius 2 is 1.85 bits per heavy atom. The van der Waals surface area contributed by atoms with Crippen molar-refractivity contribution in [1.29, 1.82) is 0 Å². The van der Waals surface area contributed by atoms with E-state index in [1.54, 1.807) is 17.9 Å². The fraction of sp³-hybridized carbons (Fsp3) is 0.333. The highest BCUT2D eigenvalue weighted by molar-refractivity contribution is 5.89. The predicted octanol–water partition coefficient (Wildman–Crippen LogP) is 3.69. The normalized spacial score (nSPS) is 18.4. The number of aromatic nitrogens is 2. The van der Waals surface area contributed by atoms with Gasteiger partial charge in [0.25, 0.3) is 0 Å². The second-order valence-corrected chi connectivity index (χ2v) is 8.18. The number of hydrogen-bond acceptors (Lipinski definition) is 4. The van der Waals surface area contributed by atoms with Crippen molar-refractivity contribution in [3.8, 4) is 5.69 Å². The average Bonchev–Trinajstić information content (AvgIpc) is 3.35. The van der Waals surface area contributed by atoms with Gasteiger partial charge < -0.3 is 10.1 Å². The largest absolute Gasteiger partial charge is 0.383 e. The number of ether oxygens (including phenoxy) is 1. The minimum atomic E-state index is -0.634. The number of benzene rings is 2. The monoisotopic (exact) mass is 455 g/mol. The summed E-state index contributed by atoms with van der Waals surface area (Å²) in [7, 11) is 1.62. The number of nitrogens with zero attached hydrogens (tertiary/aromatic N) is 3. The smallest absolute Gasteiger partial charge is 0.320 e. The van der Waals surface area contributed by atoms with Crippen LogP contribution in [0.1, 0.15) is 17.2 Å². The second kappa shape index (κ2) is 10.1. The Hall–Kier alpha value is -3.30. The number of urea groups is 1. The lowest BCUT2D eigenvalue weighted by Gasteiger charge is -2.21. The zero-order chi connectivity index (χ0) is 23.4. The SMILES string of the molecule is COCCN1CC(NC(=O)Nc2cc(C)nn2-c2ccccc2)C(c2cc(F)cc(F)c2)C1. The van der Waals surface area contributed by atoms with Gasteiger partial charge in [0.1, 0.15) is 17.5 Å². The fourth-order valence-electron chi connectivity index (χ4n) is 4.24. The van der Waals surface area contributed by atoms with Crippen LogP contribution in [0.4, 0.5) is 19.4 Å². The molecule has 1 aliphatic rings. The number of halogens is 2. The first-order chi connectivity index (χ1) is 15.9. The summed E-state index contributed by atoms with van der Waals surface area (Å²) in [5, 5.41) is 10.3. The van der Waals surface area contributed by atoms with Crippen molar-refractivity contribution in [2.45, 2.75) is 18.9 Å². The molecule has 1 fully saturated rings. The number of methoxy groups -OCH3 is 1. The molecular weight excluding hydrogens is 428 g/mol. The quantitative estimate of drug-likeness (QED) is 0.570. The lowest BCUT2D eigenvalue weighted by atomic mass is 9.94. The highest BCUT2D eigenvalue weighted by atomic mass is 19.1. The first kappa shape index (κ1) is 22.9. The average molecular weight is 456 g/mol. The van der Waals surface area contributed by atoms with E-state index in [2.05, 4.69) is 20.6 Å². The number of rotatable bonds is 7. The number of anilines is 1. The van der Waals surface area contributed by atoms with Crippen LogP contribution in [-0.2, 0) is 4.74 Å². The van der Waals surface area contributed by atoms with Crippen LogP contribution in [-0.4, -0.2) is 60.1 Å². The van der Waals surface area contributed by atoms with Gasteiger partial charge in [-0.25, -0.2) is 18.3 Å². The molecule has 3 aromatic rings. The first-order valence-electron chi connectivity index (χ1n) is 10.8. The maximum Gasteiger partial charge on any atom is 0.320 e. The molecule has 2 aromatic carbocycles. The van der Waals surface area contributed by atoms with Gasteiger partial charge in [0.05, 0.1) is 24.0 Å². The van der Waals surface area contributed by atoms with E-state index in [1.807, 2.05) is 37.3 Å². The van der Waals surface area contributed by atoms with Crippen molar-refractivity contribution in [1.82, 2.24) is 20.0 Å². The number of amides is 2. The minimum Gasteiger partial charge on any atom is -0.383 e. The Labute approximate surface area is 191 Å². The molecule has 7 nitrogen and oxygen atoms in total. The van der Waals surface area contributed by atoms with E-state index in [-0.39, 0.29) is 12.0 Å². The zero-order valence-electron chi connectivity index (χ0n) is 18.6.